The molecule has 8 heavy (non-hydrogen) atoms. The van der Waals surface area contributed by atoms with Gasteiger partial charge in [-0.3, -0.25) is 0 Å². The van der Waals surface area contributed by atoms with Gasteiger partial charge in [0.15, 0.2) is 0 Å². The average molecular weight is 115 g/mol. The number of likely N-dealkylation sites (N-methyl/N-ethyl adjacent to an activating group) is 1. The molecule has 1 fully saturated rings. The molecule has 0 aliphatic carbocycles. The van der Waals surface area contributed by atoms with Gasteiger partial charge in [0.05, 0.1) is 6.04 Å². The minimum Gasteiger partial charge on any atom is -0.447 e. The first kappa shape index (κ1) is 5.41. The van der Waals surface area contributed by atoms with Crippen LogP contribution in [-0.2, 0) is 4.74 Å². The van der Waals surface area contributed by atoms with Crippen molar-refractivity contribution in [1.82, 2.24) is 4.90 Å². The number of carbonyl (C=O) groups excluding carboxylic acids is 1. The van der Waals surface area contributed by atoms with Crippen molar-refractivity contribution >= 4 is 6.09 Å². The first-order valence-electron chi connectivity index (χ1n) is 2.61. The zero-order valence-corrected chi connectivity index (χ0v) is 5.05. The molecule has 1 saturated heterocycles. The molecular weight excluding hydrogens is 106 g/mol. The summed E-state index contributed by atoms with van der Waals surface area (Å²) in [5, 5.41) is 0. The van der Waals surface area contributed by atoms with E-state index < -0.39 is 0 Å². The summed E-state index contributed by atoms with van der Waals surface area (Å²) in [7, 11) is 1.74. The van der Waals surface area contributed by atoms with Crippen molar-refractivity contribution in [2.24, 2.45) is 0 Å². The number of ether oxygens (including phenoxy) is 1. The van der Waals surface area contributed by atoms with Crippen molar-refractivity contribution in [3.05, 3.63) is 0 Å². The molecule has 1 heterocycles. The lowest BCUT2D eigenvalue weighted by Gasteiger charge is -2.08. The first-order valence-corrected chi connectivity index (χ1v) is 2.61. The van der Waals surface area contributed by atoms with Gasteiger partial charge in [-0.1, -0.05) is 0 Å². The summed E-state index contributed by atoms with van der Waals surface area (Å²) in [5.41, 5.74) is 0. The maximum Gasteiger partial charge on any atom is 0.409 e. The fraction of sp³-hybridized carbons (Fsp3) is 0.800. The van der Waals surface area contributed by atoms with Gasteiger partial charge in [0.25, 0.3) is 0 Å². The summed E-state index contributed by atoms with van der Waals surface area (Å²) >= 11 is 0. The largest absolute Gasteiger partial charge is 0.447 e. The van der Waals surface area contributed by atoms with E-state index in [1.165, 1.54) is 0 Å². The Balaban J connectivity index is 2.56. The van der Waals surface area contributed by atoms with Crippen LogP contribution in [0.3, 0.4) is 0 Å². The highest BCUT2D eigenvalue weighted by molar-refractivity contribution is 5.69. The summed E-state index contributed by atoms with van der Waals surface area (Å²) < 4.78 is 4.66. The van der Waals surface area contributed by atoms with Gasteiger partial charge >= 0.3 is 6.09 Å². The summed E-state index contributed by atoms with van der Waals surface area (Å²) in [5.74, 6) is 0. The topological polar surface area (TPSA) is 29.5 Å². The number of rotatable bonds is 0. The Bertz CT molecular complexity index is 113. The number of hydrogen-bond donors (Lipinski definition) is 0. The van der Waals surface area contributed by atoms with Crippen LogP contribution in [0, 0.1) is 0 Å². The Morgan fingerprint density at radius 3 is 2.62 bits per heavy atom. The Morgan fingerprint density at radius 2 is 2.50 bits per heavy atom. The molecule has 46 valence electrons. The second kappa shape index (κ2) is 1.65. The molecule has 1 aliphatic rings. The van der Waals surface area contributed by atoms with Gasteiger partial charge in [0.1, 0.15) is 6.61 Å². The zero-order valence-electron chi connectivity index (χ0n) is 5.05. The van der Waals surface area contributed by atoms with Crippen molar-refractivity contribution in [3.8, 4) is 0 Å². The maximum absolute atomic E-state index is 10.5. The van der Waals surface area contributed by atoms with E-state index in [1.807, 2.05) is 6.92 Å². The van der Waals surface area contributed by atoms with Crippen LogP contribution in [-0.4, -0.2) is 30.7 Å². The minimum absolute atomic E-state index is 0.211. The lowest BCUT2D eigenvalue weighted by atomic mass is 10.4. The van der Waals surface area contributed by atoms with Crippen LogP contribution in [0.2, 0.25) is 0 Å². The van der Waals surface area contributed by atoms with Crippen molar-refractivity contribution in [1.29, 1.82) is 0 Å². The molecule has 1 aliphatic heterocycles. The van der Waals surface area contributed by atoms with Crippen molar-refractivity contribution < 1.29 is 9.53 Å². The van der Waals surface area contributed by atoms with Crippen LogP contribution in [0.25, 0.3) is 0 Å². The van der Waals surface area contributed by atoms with E-state index in [0.717, 1.165) is 0 Å². The van der Waals surface area contributed by atoms with E-state index in [4.69, 9.17) is 0 Å². The van der Waals surface area contributed by atoms with Gasteiger partial charge in [-0.2, -0.15) is 0 Å². The highest BCUT2D eigenvalue weighted by Gasteiger charge is 2.24. The number of carbonyl (C=O) groups is 1. The van der Waals surface area contributed by atoms with Crippen LogP contribution in [0.5, 0.6) is 0 Å². The van der Waals surface area contributed by atoms with Crippen molar-refractivity contribution in [3.63, 3.8) is 0 Å². The third-order valence-electron chi connectivity index (χ3n) is 1.40. The highest BCUT2D eigenvalue weighted by Crippen LogP contribution is 2.06. The average Bonchev–Trinajstić information content (AvgIpc) is 1.98. The summed E-state index contributed by atoms with van der Waals surface area (Å²) in [6, 6.07) is 0.252. The molecule has 0 N–H and O–H groups in total. The first-order chi connectivity index (χ1) is 3.72. The number of amides is 1. The SMILES string of the molecule is C[C@@H]1COC(=O)N1C. The van der Waals surface area contributed by atoms with Gasteiger partial charge < -0.3 is 9.64 Å². The molecule has 0 radical (unpaired) electrons. The van der Waals surface area contributed by atoms with E-state index in [-0.39, 0.29) is 12.1 Å². The standard InChI is InChI=1S/C5H9NO2/c1-4-3-8-5(7)6(4)2/h4H,3H2,1-2H3/t4-/m1/s1. The monoisotopic (exact) mass is 115 g/mol. The molecule has 0 aromatic carbocycles. The summed E-state index contributed by atoms with van der Waals surface area (Å²) in [4.78, 5) is 12.1. The molecule has 1 atom stereocenters. The van der Waals surface area contributed by atoms with E-state index >= 15 is 0 Å². The molecule has 0 saturated carbocycles. The van der Waals surface area contributed by atoms with E-state index in [0.29, 0.717) is 6.61 Å². The molecule has 0 bridgehead atoms. The van der Waals surface area contributed by atoms with Crippen LogP contribution in [0.15, 0.2) is 0 Å². The third kappa shape index (κ3) is 0.638. The molecular formula is C5H9NO2. The lowest BCUT2D eigenvalue weighted by molar-refractivity contribution is 0.163. The predicted octanol–water partition coefficient (Wildman–Crippen LogP) is 0.457. The van der Waals surface area contributed by atoms with E-state index in [2.05, 4.69) is 4.74 Å². The second-order valence-corrected chi connectivity index (χ2v) is 2.04. The molecule has 0 aromatic rings. The fourth-order valence-electron chi connectivity index (χ4n) is 0.585. The van der Waals surface area contributed by atoms with Gasteiger partial charge in [-0.15, -0.1) is 0 Å². The molecule has 3 heteroatoms. The zero-order chi connectivity index (χ0) is 6.15. The molecule has 0 unspecified atom stereocenters. The number of nitrogens with zero attached hydrogens (tertiary/aromatic N) is 1. The molecule has 3 nitrogen and oxygen atoms in total. The molecule has 0 spiro atoms. The highest BCUT2D eigenvalue weighted by atomic mass is 16.6. The minimum atomic E-state index is -0.211. The third-order valence-corrected chi connectivity index (χ3v) is 1.40. The van der Waals surface area contributed by atoms with Crippen LogP contribution in [0.4, 0.5) is 4.79 Å². The Kier molecular flexibility index (Phi) is 1.12. The van der Waals surface area contributed by atoms with Crippen LogP contribution < -0.4 is 0 Å². The van der Waals surface area contributed by atoms with Gasteiger partial charge in [-0.25, -0.2) is 4.79 Å². The normalized spacial score (nSPS) is 28.5. The van der Waals surface area contributed by atoms with Gasteiger partial charge in [-0.05, 0) is 6.92 Å². The van der Waals surface area contributed by atoms with E-state index in [9.17, 15) is 4.79 Å². The number of cyclic esters (lactones) is 1. The second-order valence-electron chi connectivity index (χ2n) is 2.04. The van der Waals surface area contributed by atoms with Crippen LogP contribution in [0.1, 0.15) is 6.92 Å². The molecule has 1 amide bonds. The predicted molar refractivity (Wildman–Crippen MR) is 28.6 cm³/mol. The van der Waals surface area contributed by atoms with Crippen molar-refractivity contribution in [2.45, 2.75) is 13.0 Å². The molecule has 0 aromatic heterocycles. The van der Waals surface area contributed by atoms with Crippen LogP contribution >= 0.6 is 0 Å². The molecule has 1 rings (SSSR count). The van der Waals surface area contributed by atoms with Gasteiger partial charge in [0.2, 0.25) is 0 Å². The summed E-state index contributed by atoms with van der Waals surface area (Å²) in [6.45, 7) is 2.49. The Morgan fingerprint density at radius 1 is 1.88 bits per heavy atom. The smallest absolute Gasteiger partial charge is 0.409 e. The Labute approximate surface area is 48.2 Å². The maximum atomic E-state index is 10.5. The lowest BCUT2D eigenvalue weighted by Crippen LogP contribution is -2.25. The quantitative estimate of drug-likeness (QED) is 0.459. The summed E-state index contributed by atoms with van der Waals surface area (Å²) in [6.07, 6.45) is -0.211. The van der Waals surface area contributed by atoms with E-state index in [1.54, 1.807) is 11.9 Å². The number of hydrogen-bond acceptors (Lipinski definition) is 2. The van der Waals surface area contributed by atoms with Gasteiger partial charge in [0, 0.05) is 7.05 Å². The van der Waals surface area contributed by atoms with Crippen molar-refractivity contribution in [2.75, 3.05) is 13.7 Å². The fourth-order valence-corrected chi connectivity index (χ4v) is 0.585. The Hall–Kier alpha value is -0.730.